The van der Waals surface area contributed by atoms with Gasteiger partial charge in [-0.05, 0) is 43.6 Å². The Kier molecular flexibility index (Phi) is 7.56. The van der Waals surface area contributed by atoms with E-state index in [9.17, 15) is 9.59 Å². The minimum atomic E-state index is -0.556. The molecular weight excluding hydrogens is 310 g/mol. The Morgan fingerprint density at radius 1 is 1.43 bits per heavy atom. The third-order valence-electron chi connectivity index (χ3n) is 2.79. The molecule has 0 bridgehead atoms. The molecule has 1 aromatic carbocycles. The molecule has 5 nitrogen and oxygen atoms in total. The summed E-state index contributed by atoms with van der Waals surface area (Å²) in [6, 6.07) is 4.21. The molecule has 0 saturated carbocycles. The van der Waals surface area contributed by atoms with E-state index in [1.165, 1.54) is 0 Å². The van der Waals surface area contributed by atoms with Crippen molar-refractivity contribution in [3.8, 4) is 0 Å². The molecule has 0 spiro atoms. The molecule has 0 aliphatic rings. The summed E-state index contributed by atoms with van der Waals surface area (Å²) in [6.07, 6.45) is 2.57. The monoisotopic (exact) mass is 329 g/mol. The molecule has 21 heavy (non-hydrogen) atoms. The standard InChI is InChI=1S/C14H20ClN3O2S/c1-3-17-13(19)10-5-4-9(8-11(10)15)18-14(20)12(16)6-7-21-2/h4-5,8,12H,3,6-7,16H2,1-2H3,(H,17,19)(H,18,20)/t12-/m0/s1. The lowest BCUT2D eigenvalue weighted by Gasteiger charge is -2.12. The average molecular weight is 330 g/mol. The van der Waals surface area contributed by atoms with E-state index in [-0.39, 0.29) is 16.8 Å². The Balaban J connectivity index is 2.71. The second-order valence-electron chi connectivity index (χ2n) is 4.43. The Labute approximate surface area is 134 Å². The van der Waals surface area contributed by atoms with Crippen LogP contribution in [0.3, 0.4) is 0 Å². The molecule has 1 rings (SSSR count). The van der Waals surface area contributed by atoms with Gasteiger partial charge in [0.1, 0.15) is 0 Å². The molecule has 0 aromatic heterocycles. The van der Waals surface area contributed by atoms with E-state index in [1.807, 2.05) is 13.2 Å². The van der Waals surface area contributed by atoms with Crippen LogP contribution in [0, 0.1) is 0 Å². The van der Waals surface area contributed by atoms with Gasteiger partial charge in [0.05, 0.1) is 16.6 Å². The molecule has 0 aliphatic carbocycles. The van der Waals surface area contributed by atoms with E-state index < -0.39 is 6.04 Å². The van der Waals surface area contributed by atoms with Gasteiger partial charge in [-0.1, -0.05) is 11.6 Å². The zero-order valence-corrected chi connectivity index (χ0v) is 13.7. The molecule has 0 saturated heterocycles. The summed E-state index contributed by atoms with van der Waals surface area (Å²) in [5.74, 6) is 0.328. The highest BCUT2D eigenvalue weighted by Gasteiger charge is 2.15. The van der Waals surface area contributed by atoms with Crippen LogP contribution >= 0.6 is 23.4 Å². The number of anilines is 1. The average Bonchev–Trinajstić information content (AvgIpc) is 2.44. The molecule has 0 unspecified atom stereocenters. The van der Waals surface area contributed by atoms with E-state index in [4.69, 9.17) is 17.3 Å². The van der Waals surface area contributed by atoms with Crippen LogP contribution in [0.1, 0.15) is 23.7 Å². The topological polar surface area (TPSA) is 84.2 Å². The Morgan fingerprint density at radius 3 is 2.71 bits per heavy atom. The quantitative estimate of drug-likeness (QED) is 0.715. The van der Waals surface area contributed by atoms with Gasteiger partial charge >= 0.3 is 0 Å². The van der Waals surface area contributed by atoms with Crippen molar-refractivity contribution in [2.75, 3.05) is 23.9 Å². The predicted octanol–water partition coefficient (Wildman–Crippen LogP) is 2.11. The second kappa shape index (κ2) is 8.92. The van der Waals surface area contributed by atoms with Crippen LogP contribution in [0.2, 0.25) is 5.02 Å². The zero-order chi connectivity index (χ0) is 15.8. The summed E-state index contributed by atoms with van der Waals surface area (Å²) in [7, 11) is 0. The fraction of sp³-hybridized carbons (Fsp3) is 0.429. The van der Waals surface area contributed by atoms with Gasteiger partial charge in [0.25, 0.3) is 5.91 Å². The van der Waals surface area contributed by atoms with Gasteiger partial charge in [-0.3, -0.25) is 9.59 Å². The Bertz CT molecular complexity index is 511. The van der Waals surface area contributed by atoms with Crippen molar-refractivity contribution in [3.05, 3.63) is 28.8 Å². The number of hydrogen-bond acceptors (Lipinski definition) is 4. The van der Waals surface area contributed by atoms with Crippen LogP contribution in [-0.2, 0) is 4.79 Å². The van der Waals surface area contributed by atoms with E-state index in [2.05, 4.69) is 10.6 Å². The van der Waals surface area contributed by atoms with Gasteiger partial charge in [-0.2, -0.15) is 11.8 Å². The van der Waals surface area contributed by atoms with E-state index in [1.54, 1.807) is 30.0 Å². The van der Waals surface area contributed by atoms with Gasteiger partial charge in [0.2, 0.25) is 5.91 Å². The molecule has 0 fully saturated rings. The summed E-state index contributed by atoms with van der Waals surface area (Å²) in [6.45, 7) is 2.36. The van der Waals surface area contributed by atoms with Crippen LogP contribution in [0.25, 0.3) is 0 Å². The number of amides is 2. The number of carbonyl (C=O) groups excluding carboxylic acids is 2. The number of halogens is 1. The van der Waals surface area contributed by atoms with Crippen LogP contribution in [-0.4, -0.2) is 36.4 Å². The fourth-order valence-corrected chi connectivity index (χ4v) is 2.40. The van der Waals surface area contributed by atoms with Gasteiger partial charge in [-0.15, -0.1) is 0 Å². The Morgan fingerprint density at radius 2 is 2.14 bits per heavy atom. The summed E-state index contributed by atoms with van der Waals surface area (Å²) in [4.78, 5) is 23.6. The maximum Gasteiger partial charge on any atom is 0.252 e. The lowest BCUT2D eigenvalue weighted by atomic mass is 10.1. The summed E-state index contributed by atoms with van der Waals surface area (Å²) < 4.78 is 0. The fourth-order valence-electron chi connectivity index (χ4n) is 1.64. The minimum absolute atomic E-state index is 0.239. The van der Waals surface area contributed by atoms with Crippen molar-refractivity contribution in [1.82, 2.24) is 5.32 Å². The first kappa shape index (κ1) is 17.8. The SMILES string of the molecule is CCNC(=O)c1ccc(NC(=O)[C@@H](N)CCSC)cc1Cl. The third-order valence-corrected chi connectivity index (χ3v) is 3.74. The number of rotatable bonds is 7. The highest BCUT2D eigenvalue weighted by Crippen LogP contribution is 2.21. The number of nitrogens with two attached hydrogens (primary N) is 1. The lowest BCUT2D eigenvalue weighted by molar-refractivity contribution is -0.117. The molecular formula is C14H20ClN3O2S. The van der Waals surface area contributed by atoms with Gasteiger partial charge in [0.15, 0.2) is 0 Å². The van der Waals surface area contributed by atoms with Crippen molar-refractivity contribution in [2.45, 2.75) is 19.4 Å². The molecule has 116 valence electrons. The first-order valence-electron chi connectivity index (χ1n) is 6.62. The second-order valence-corrected chi connectivity index (χ2v) is 5.82. The molecule has 0 aliphatic heterocycles. The normalized spacial score (nSPS) is 11.8. The van der Waals surface area contributed by atoms with Gasteiger partial charge in [0, 0.05) is 12.2 Å². The first-order valence-corrected chi connectivity index (χ1v) is 8.39. The van der Waals surface area contributed by atoms with Crippen LogP contribution in [0.5, 0.6) is 0 Å². The van der Waals surface area contributed by atoms with Crippen molar-refractivity contribution in [1.29, 1.82) is 0 Å². The predicted molar refractivity (Wildman–Crippen MR) is 89.1 cm³/mol. The maximum absolute atomic E-state index is 11.9. The van der Waals surface area contributed by atoms with Crippen molar-refractivity contribution < 1.29 is 9.59 Å². The lowest BCUT2D eigenvalue weighted by Crippen LogP contribution is -2.36. The van der Waals surface area contributed by atoms with E-state index in [0.717, 1.165) is 5.75 Å². The highest BCUT2D eigenvalue weighted by molar-refractivity contribution is 7.98. The summed E-state index contributed by atoms with van der Waals surface area (Å²) >= 11 is 7.70. The maximum atomic E-state index is 11.9. The highest BCUT2D eigenvalue weighted by atomic mass is 35.5. The molecule has 2 amide bonds. The Hall–Kier alpha value is -1.24. The zero-order valence-electron chi connectivity index (χ0n) is 12.1. The smallest absolute Gasteiger partial charge is 0.252 e. The van der Waals surface area contributed by atoms with E-state index in [0.29, 0.717) is 24.2 Å². The van der Waals surface area contributed by atoms with Crippen LogP contribution in [0.15, 0.2) is 18.2 Å². The van der Waals surface area contributed by atoms with Crippen molar-refractivity contribution in [3.63, 3.8) is 0 Å². The molecule has 4 N–H and O–H groups in total. The number of carbonyl (C=O) groups is 2. The number of nitrogens with one attached hydrogen (secondary N) is 2. The number of hydrogen-bond donors (Lipinski definition) is 3. The minimum Gasteiger partial charge on any atom is -0.352 e. The van der Waals surface area contributed by atoms with Crippen molar-refractivity contribution >= 4 is 40.9 Å². The number of benzene rings is 1. The molecule has 7 heteroatoms. The summed E-state index contributed by atoms with van der Waals surface area (Å²) in [5.41, 5.74) is 6.69. The number of thioether (sulfide) groups is 1. The van der Waals surface area contributed by atoms with Gasteiger partial charge in [-0.25, -0.2) is 0 Å². The molecule has 0 heterocycles. The van der Waals surface area contributed by atoms with E-state index >= 15 is 0 Å². The van der Waals surface area contributed by atoms with Gasteiger partial charge < -0.3 is 16.4 Å². The molecule has 0 radical (unpaired) electrons. The largest absolute Gasteiger partial charge is 0.352 e. The summed E-state index contributed by atoms with van der Waals surface area (Å²) in [5, 5.41) is 5.66. The molecule has 1 atom stereocenters. The third kappa shape index (κ3) is 5.57. The molecule has 1 aromatic rings. The van der Waals surface area contributed by atoms with Crippen LogP contribution in [0.4, 0.5) is 5.69 Å². The first-order chi connectivity index (χ1) is 9.99. The van der Waals surface area contributed by atoms with Crippen molar-refractivity contribution in [2.24, 2.45) is 5.73 Å². The van der Waals surface area contributed by atoms with Crippen LogP contribution < -0.4 is 16.4 Å².